The third-order valence-electron chi connectivity index (χ3n) is 9.14. The number of phenols is 2. The molecule has 6 rings (SSSR count). The van der Waals surface area contributed by atoms with Crippen molar-refractivity contribution in [1.29, 1.82) is 0 Å². The highest BCUT2D eigenvalue weighted by atomic mass is 35.5. The molecular formula is C46H44Cl2N6O12S4. The first-order valence-electron chi connectivity index (χ1n) is 20.7. The summed E-state index contributed by atoms with van der Waals surface area (Å²) < 4.78 is 5.27. The van der Waals surface area contributed by atoms with Gasteiger partial charge < -0.3 is 52.0 Å². The quantitative estimate of drug-likeness (QED) is 0.0369. The minimum atomic E-state index is -1.40. The Labute approximate surface area is 426 Å². The normalized spacial score (nSPS) is 11.5. The molecule has 4 heterocycles. The van der Waals surface area contributed by atoms with Crippen LogP contribution in [-0.4, -0.2) is 94.5 Å². The standard InChI is InChI=1S/C25H26ClN3O6S2.C21H18ClN3O6S2/c1-14(2)13-35-25(34)18(12-28-22(31)19-7-4-8-36-19)29-24(33)21-17(26)10-20(37-21)23(32)27-11-15-5-3-6-16(30)9-15;22-13-8-16(19(28)23-9-11-3-1-4-12(26)7-11)33-17(13)20(29)25-14(21(30)31)10-24-18(27)15-5-2-6-32-15/h3-10,14,18,30H,11-13H2,1-2H3,(H,27,32)(H,28,31)(H,29,33);1-8,14,26H,9-10H2,(H,23,28)(H,24,27)(H,25,29)(H,30,31)/t18-;14-/m00/s1. The van der Waals surface area contributed by atoms with Crippen molar-refractivity contribution < 1.29 is 58.4 Å². The van der Waals surface area contributed by atoms with Gasteiger partial charge in [-0.05, 0) is 76.3 Å². The number of hydrogen-bond acceptors (Lipinski definition) is 15. The van der Waals surface area contributed by atoms with Crippen molar-refractivity contribution in [2.45, 2.75) is 39.0 Å². The Balaban J connectivity index is 0.000000262. The summed E-state index contributed by atoms with van der Waals surface area (Å²) in [5.74, 6) is -5.06. The molecule has 9 N–H and O–H groups in total. The molecule has 6 aromatic rings. The molecule has 2 aromatic carbocycles. The number of carboxylic acids is 1. The van der Waals surface area contributed by atoms with Crippen LogP contribution in [0.2, 0.25) is 10.0 Å². The van der Waals surface area contributed by atoms with Gasteiger partial charge in [0.1, 0.15) is 33.3 Å². The van der Waals surface area contributed by atoms with Crippen LogP contribution in [0.15, 0.2) is 95.7 Å². The van der Waals surface area contributed by atoms with Crippen molar-refractivity contribution in [3.8, 4) is 11.5 Å². The Bertz CT molecular complexity index is 2820. The number of amides is 6. The Morgan fingerprint density at radius 2 is 0.986 bits per heavy atom. The maximum absolute atomic E-state index is 13.0. The minimum Gasteiger partial charge on any atom is -0.508 e. The second-order valence-corrected chi connectivity index (χ2v) is 19.9. The number of carbonyl (C=O) groups excluding carboxylic acids is 7. The molecule has 368 valence electrons. The van der Waals surface area contributed by atoms with Crippen LogP contribution in [0.1, 0.15) is 83.0 Å². The van der Waals surface area contributed by atoms with Gasteiger partial charge in [-0.3, -0.25) is 28.8 Å². The number of halogens is 2. The van der Waals surface area contributed by atoms with E-state index < -0.39 is 53.6 Å². The fourth-order valence-electron chi connectivity index (χ4n) is 5.71. The number of carbonyl (C=O) groups is 8. The maximum atomic E-state index is 13.0. The molecule has 0 radical (unpaired) electrons. The van der Waals surface area contributed by atoms with Crippen LogP contribution in [-0.2, 0) is 27.4 Å². The molecule has 4 aromatic heterocycles. The summed E-state index contributed by atoms with van der Waals surface area (Å²) in [6.07, 6.45) is 0. The first-order chi connectivity index (χ1) is 33.4. The van der Waals surface area contributed by atoms with Gasteiger partial charge in [0.05, 0.1) is 36.2 Å². The zero-order valence-electron chi connectivity index (χ0n) is 36.9. The van der Waals surface area contributed by atoms with Crippen LogP contribution >= 0.6 is 68.5 Å². The summed E-state index contributed by atoms with van der Waals surface area (Å²) in [5.41, 5.74) is 1.37. The van der Waals surface area contributed by atoms with Crippen molar-refractivity contribution in [2.75, 3.05) is 19.7 Å². The lowest BCUT2D eigenvalue weighted by molar-refractivity contribution is -0.146. The van der Waals surface area contributed by atoms with Gasteiger partial charge in [0.2, 0.25) is 0 Å². The molecule has 0 aliphatic heterocycles. The molecule has 2 atom stereocenters. The molecule has 0 spiro atoms. The van der Waals surface area contributed by atoms with E-state index in [1.54, 1.807) is 59.3 Å². The number of thiophene rings is 4. The van der Waals surface area contributed by atoms with Gasteiger partial charge in [0, 0.05) is 26.2 Å². The summed E-state index contributed by atoms with van der Waals surface area (Å²) in [5, 5.41) is 47.3. The van der Waals surface area contributed by atoms with Crippen molar-refractivity contribution in [2.24, 2.45) is 5.92 Å². The largest absolute Gasteiger partial charge is 0.508 e. The van der Waals surface area contributed by atoms with E-state index >= 15 is 0 Å². The van der Waals surface area contributed by atoms with Crippen LogP contribution in [0.25, 0.3) is 0 Å². The van der Waals surface area contributed by atoms with Gasteiger partial charge in [0.15, 0.2) is 0 Å². The zero-order chi connectivity index (χ0) is 50.9. The Morgan fingerprint density at radius 1 is 0.557 bits per heavy atom. The number of rotatable bonds is 20. The Morgan fingerprint density at radius 3 is 1.39 bits per heavy atom. The van der Waals surface area contributed by atoms with Gasteiger partial charge in [-0.25, -0.2) is 9.59 Å². The molecule has 0 aliphatic carbocycles. The first-order valence-corrected chi connectivity index (χ1v) is 24.9. The van der Waals surface area contributed by atoms with Crippen LogP contribution in [0.5, 0.6) is 11.5 Å². The Hall–Kier alpha value is -6.82. The van der Waals surface area contributed by atoms with Crippen molar-refractivity contribution >= 4 is 116 Å². The number of benzene rings is 2. The van der Waals surface area contributed by atoms with E-state index in [4.69, 9.17) is 27.9 Å². The van der Waals surface area contributed by atoms with E-state index in [0.717, 1.165) is 22.7 Å². The molecular weight excluding hydrogens is 1030 g/mol. The number of ether oxygens (including phenoxy) is 1. The molecule has 18 nitrogen and oxygen atoms in total. The van der Waals surface area contributed by atoms with Gasteiger partial charge in [-0.1, -0.05) is 73.4 Å². The molecule has 0 saturated carbocycles. The van der Waals surface area contributed by atoms with Gasteiger partial charge >= 0.3 is 11.9 Å². The highest BCUT2D eigenvalue weighted by Gasteiger charge is 2.28. The summed E-state index contributed by atoms with van der Waals surface area (Å²) in [4.78, 5) is 100. The van der Waals surface area contributed by atoms with E-state index in [9.17, 15) is 53.7 Å². The van der Waals surface area contributed by atoms with E-state index in [1.807, 2.05) is 13.8 Å². The van der Waals surface area contributed by atoms with Gasteiger partial charge in [-0.15, -0.1) is 45.3 Å². The molecule has 0 fully saturated rings. The van der Waals surface area contributed by atoms with Crippen molar-refractivity contribution in [3.63, 3.8) is 0 Å². The Kier molecular flexibility index (Phi) is 20.3. The van der Waals surface area contributed by atoms with E-state index in [2.05, 4.69) is 31.9 Å². The summed E-state index contributed by atoms with van der Waals surface area (Å²) in [6, 6.07) is 19.6. The third-order valence-corrected chi connectivity index (χ3v) is 14.0. The SMILES string of the molecule is CC(C)COC(=O)[C@H](CNC(=O)c1cccs1)NC(=O)c1sc(C(=O)NCc2cccc(O)c2)cc1Cl.O=C(NC[C@H](NC(=O)c1sc(C(=O)NCc2cccc(O)c2)cc1Cl)C(=O)O)c1cccs1. The smallest absolute Gasteiger partial charge is 0.330 e. The lowest BCUT2D eigenvalue weighted by Crippen LogP contribution is -2.49. The number of nitrogens with one attached hydrogen (secondary N) is 6. The van der Waals surface area contributed by atoms with Crippen molar-refractivity contribution in [1.82, 2.24) is 31.9 Å². The fourth-order valence-corrected chi connectivity index (χ4v) is 9.48. The van der Waals surface area contributed by atoms with Gasteiger partial charge in [-0.2, -0.15) is 0 Å². The van der Waals surface area contributed by atoms with E-state index in [-0.39, 0.29) is 85.7 Å². The molecule has 0 bridgehead atoms. The number of hydrogen-bond donors (Lipinski definition) is 9. The highest BCUT2D eigenvalue weighted by Crippen LogP contribution is 2.29. The van der Waals surface area contributed by atoms with Crippen molar-refractivity contribution in [3.05, 3.63) is 146 Å². The number of carboxylic acid groups (broad SMARTS) is 1. The number of aromatic hydroxyl groups is 2. The molecule has 6 amide bonds. The second-order valence-electron chi connectivity index (χ2n) is 15.1. The highest BCUT2D eigenvalue weighted by molar-refractivity contribution is 7.17. The van der Waals surface area contributed by atoms with Gasteiger partial charge in [0.25, 0.3) is 35.4 Å². The predicted molar refractivity (Wildman–Crippen MR) is 266 cm³/mol. The zero-order valence-corrected chi connectivity index (χ0v) is 41.7. The fraction of sp³-hybridized carbons (Fsp3) is 0.217. The van der Waals surface area contributed by atoms with E-state index in [0.29, 0.717) is 20.9 Å². The van der Waals surface area contributed by atoms with Crippen LogP contribution in [0.4, 0.5) is 0 Å². The minimum absolute atomic E-state index is 0.00762. The van der Waals surface area contributed by atoms with E-state index in [1.165, 1.54) is 59.1 Å². The average molecular weight is 1070 g/mol. The molecule has 0 saturated heterocycles. The number of aliphatic carboxylic acids is 1. The molecule has 0 unspecified atom stereocenters. The molecule has 0 aliphatic rings. The predicted octanol–water partition coefficient (Wildman–Crippen LogP) is 6.54. The van der Waals surface area contributed by atoms with Crippen LogP contribution in [0.3, 0.4) is 0 Å². The third kappa shape index (κ3) is 16.4. The maximum Gasteiger partial charge on any atom is 0.330 e. The summed E-state index contributed by atoms with van der Waals surface area (Å²) in [6.45, 7) is 3.67. The summed E-state index contributed by atoms with van der Waals surface area (Å²) in [7, 11) is 0. The molecule has 24 heteroatoms. The van der Waals surface area contributed by atoms with Crippen LogP contribution < -0.4 is 31.9 Å². The van der Waals surface area contributed by atoms with Crippen LogP contribution in [0, 0.1) is 5.92 Å². The second kappa shape index (κ2) is 26.2. The number of phenolic OH excluding ortho intramolecular Hbond substituents is 2. The summed E-state index contributed by atoms with van der Waals surface area (Å²) >= 11 is 16.5. The topological polar surface area (TPSA) is 279 Å². The molecule has 70 heavy (non-hydrogen) atoms. The first kappa shape index (κ1) is 54.1. The average Bonchev–Trinajstić information content (AvgIpc) is 4.18. The lowest BCUT2D eigenvalue weighted by atomic mass is 10.2. The number of esters is 1. The lowest BCUT2D eigenvalue weighted by Gasteiger charge is -2.18. The monoisotopic (exact) mass is 1070 g/mol.